The molecule has 1 amide bonds. The molecule has 6 nitrogen and oxygen atoms in total. The van der Waals surface area contributed by atoms with E-state index in [9.17, 15) is 14.0 Å². The number of nitrogens with zero attached hydrogens (tertiary/aromatic N) is 3. The Morgan fingerprint density at radius 3 is 2.72 bits per heavy atom. The molecule has 0 bridgehead atoms. The highest BCUT2D eigenvalue weighted by atomic mass is 19.1. The first-order chi connectivity index (χ1) is 14.1. The van der Waals surface area contributed by atoms with Crippen molar-refractivity contribution >= 4 is 27.8 Å². The van der Waals surface area contributed by atoms with Gasteiger partial charge in [0.15, 0.2) is 0 Å². The number of halogens is 1. The molecule has 0 radical (unpaired) electrons. The van der Waals surface area contributed by atoms with E-state index in [1.807, 2.05) is 37.3 Å². The second kappa shape index (κ2) is 7.87. The van der Waals surface area contributed by atoms with Crippen LogP contribution in [0.3, 0.4) is 0 Å². The van der Waals surface area contributed by atoms with Gasteiger partial charge in [-0.15, -0.1) is 0 Å². The summed E-state index contributed by atoms with van der Waals surface area (Å²) in [6, 6.07) is 13.8. The smallest absolute Gasteiger partial charge is 0.278 e. The summed E-state index contributed by atoms with van der Waals surface area (Å²) in [5.74, 6) is -0.616. The molecule has 2 aromatic carbocycles. The fourth-order valence-corrected chi connectivity index (χ4v) is 3.49. The minimum Gasteiger partial charge on any atom is -0.355 e. The molecule has 4 aromatic rings. The lowest BCUT2D eigenvalue weighted by atomic mass is 10.2. The Labute approximate surface area is 166 Å². The van der Waals surface area contributed by atoms with E-state index in [4.69, 9.17) is 0 Å². The molecule has 0 unspecified atom stereocenters. The van der Waals surface area contributed by atoms with Crippen molar-refractivity contribution in [2.45, 2.75) is 26.4 Å². The zero-order chi connectivity index (χ0) is 20.4. The number of amides is 1. The molecule has 2 heterocycles. The van der Waals surface area contributed by atoms with Gasteiger partial charge in [0.2, 0.25) is 5.91 Å². The summed E-state index contributed by atoms with van der Waals surface area (Å²) < 4.78 is 17.0. The van der Waals surface area contributed by atoms with E-state index in [0.29, 0.717) is 35.0 Å². The molecule has 148 valence electrons. The fourth-order valence-electron chi connectivity index (χ4n) is 3.49. The summed E-state index contributed by atoms with van der Waals surface area (Å²) in [4.78, 5) is 30.1. The minimum atomic E-state index is -0.415. The van der Waals surface area contributed by atoms with Gasteiger partial charge in [-0.3, -0.25) is 14.2 Å². The van der Waals surface area contributed by atoms with Crippen LogP contribution in [0.25, 0.3) is 21.9 Å². The monoisotopic (exact) mass is 392 g/mol. The third-order valence-corrected chi connectivity index (χ3v) is 4.86. The molecule has 2 aromatic heterocycles. The first-order valence-electron chi connectivity index (χ1n) is 9.56. The van der Waals surface area contributed by atoms with E-state index in [-0.39, 0.29) is 18.0 Å². The molecule has 29 heavy (non-hydrogen) atoms. The van der Waals surface area contributed by atoms with Gasteiger partial charge in [-0.05, 0) is 30.2 Å². The fraction of sp³-hybridized carbons (Fsp3) is 0.227. The molecule has 0 aliphatic heterocycles. The van der Waals surface area contributed by atoms with E-state index in [1.165, 1.54) is 23.0 Å². The Balaban J connectivity index is 1.88. The maximum Gasteiger partial charge on any atom is 0.278 e. The quantitative estimate of drug-likeness (QED) is 0.548. The van der Waals surface area contributed by atoms with Crippen LogP contribution in [-0.2, 0) is 17.9 Å². The maximum absolute atomic E-state index is 13.9. The van der Waals surface area contributed by atoms with Crippen LogP contribution in [0.4, 0.5) is 4.39 Å². The maximum atomic E-state index is 13.9. The summed E-state index contributed by atoms with van der Waals surface area (Å²) in [7, 11) is 0. The molecule has 0 aliphatic carbocycles. The number of nitrogens with one attached hydrogen (secondary N) is 1. The van der Waals surface area contributed by atoms with Gasteiger partial charge in [0, 0.05) is 11.9 Å². The van der Waals surface area contributed by atoms with Gasteiger partial charge in [0.25, 0.3) is 5.56 Å². The van der Waals surface area contributed by atoms with Gasteiger partial charge in [0.1, 0.15) is 23.4 Å². The Hall–Kier alpha value is -3.48. The predicted octanol–water partition coefficient (Wildman–Crippen LogP) is 3.06. The number of carbonyl (C=O) groups excluding carboxylic acids is 1. The van der Waals surface area contributed by atoms with Gasteiger partial charge in [-0.1, -0.05) is 37.3 Å². The molecular formula is C22H21FN4O2. The van der Waals surface area contributed by atoms with E-state index >= 15 is 0 Å². The van der Waals surface area contributed by atoms with E-state index in [0.717, 1.165) is 12.0 Å². The molecule has 0 aliphatic rings. The number of benzene rings is 2. The molecule has 1 N–H and O–H groups in total. The Morgan fingerprint density at radius 1 is 1.17 bits per heavy atom. The first kappa shape index (κ1) is 18.9. The highest BCUT2D eigenvalue weighted by Gasteiger charge is 2.19. The molecule has 0 atom stereocenters. The van der Waals surface area contributed by atoms with Gasteiger partial charge >= 0.3 is 0 Å². The van der Waals surface area contributed by atoms with Crippen molar-refractivity contribution in [3.05, 3.63) is 76.6 Å². The minimum absolute atomic E-state index is 0.0299. The van der Waals surface area contributed by atoms with Crippen molar-refractivity contribution in [2.75, 3.05) is 6.54 Å². The standard InChI is InChI=1S/C22H21FN4O2/c1-2-10-24-19(28)13-27-18-9-8-16(23)11-17(18)20-21(27)22(29)26(14-25-20)12-15-6-4-3-5-7-15/h3-9,11,14H,2,10,12-13H2,1H3,(H,24,28). The SMILES string of the molecule is CCCNC(=O)Cn1c2ccc(F)cc2c2ncn(Cc3ccccc3)c(=O)c21. The zero-order valence-corrected chi connectivity index (χ0v) is 16.1. The number of rotatable bonds is 6. The summed E-state index contributed by atoms with van der Waals surface area (Å²) >= 11 is 0. The van der Waals surface area contributed by atoms with Crippen LogP contribution < -0.4 is 10.9 Å². The molecule has 0 fully saturated rings. The van der Waals surface area contributed by atoms with E-state index in [2.05, 4.69) is 10.3 Å². The van der Waals surface area contributed by atoms with Crippen LogP contribution in [-0.4, -0.2) is 26.6 Å². The lowest BCUT2D eigenvalue weighted by molar-refractivity contribution is -0.121. The highest BCUT2D eigenvalue weighted by molar-refractivity contribution is 6.06. The van der Waals surface area contributed by atoms with Gasteiger partial charge in [0.05, 0.1) is 18.4 Å². The van der Waals surface area contributed by atoms with Crippen molar-refractivity contribution in [1.29, 1.82) is 0 Å². The number of carbonyl (C=O) groups is 1. The van der Waals surface area contributed by atoms with Gasteiger partial charge in [-0.2, -0.15) is 0 Å². The van der Waals surface area contributed by atoms with Crippen LogP contribution in [0.5, 0.6) is 0 Å². The summed E-state index contributed by atoms with van der Waals surface area (Å²) in [6.07, 6.45) is 2.29. The molecule has 0 saturated heterocycles. The third kappa shape index (κ3) is 3.63. The lowest BCUT2D eigenvalue weighted by Gasteiger charge is -2.09. The third-order valence-electron chi connectivity index (χ3n) is 4.86. The van der Waals surface area contributed by atoms with Crippen LogP contribution in [0, 0.1) is 5.82 Å². The van der Waals surface area contributed by atoms with Crippen molar-refractivity contribution in [3.63, 3.8) is 0 Å². The molecule has 4 rings (SSSR count). The average Bonchev–Trinajstić information content (AvgIpc) is 3.02. The van der Waals surface area contributed by atoms with E-state index in [1.54, 1.807) is 10.6 Å². The second-order valence-electron chi connectivity index (χ2n) is 6.96. The van der Waals surface area contributed by atoms with Crippen LogP contribution in [0.2, 0.25) is 0 Å². The van der Waals surface area contributed by atoms with Crippen LogP contribution in [0.1, 0.15) is 18.9 Å². The number of aromatic nitrogens is 3. The second-order valence-corrected chi connectivity index (χ2v) is 6.96. The lowest BCUT2D eigenvalue weighted by Crippen LogP contribution is -2.30. The van der Waals surface area contributed by atoms with Crippen LogP contribution >= 0.6 is 0 Å². The van der Waals surface area contributed by atoms with E-state index < -0.39 is 5.82 Å². The van der Waals surface area contributed by atoms with Crippen molar-refractivity contribution in [3.8, 4) is 0 Å². The zero-order valence-electron chi connectivity index (χ0n) is 16.1. The Morgan fingerprint density at radius 2 is 1.97 bits per heavy atom. The highest BCUT2D eigenvalue weighted by Crippen LogP contribution is 2.26. The van der Waals surface area contributed by atoms with Crippen molar-refractivity contribution in [1.82, 2.24) is 19.4 Å². The predicted molar refractivity (Wildman–Crippen MR) is 110 cm³/mol. The first-order valence-corrected chi connectivity index (χ1v) is 9.56. The molecule has 0 saturated carbocycles. The average molecular weight is 392 g/mol. The molecule has 0 spiro atoms. The van der Waals surface area contributed by atoms with Crippen molar-refractivity contribution in [2.24, 2.45) is 0 Å². The normalized spacial score (nSPS) is 11.2. The van der Waals surface area contributed by atoms with Crippen LogP contribution in [0.15, 0.2) is 59.7 Å². The Kier molecular flexibility index (Phi) is 5.12. The summed E-state index contributed by atoms with van der Waals surface area (Å²) in [5.41, 5.74) is 2.01. The van der Waals surface area contributed by atoms with Gasteiger partial charge < -0.3 is 9.88 Å². The summed E-state index contributed by atoms with van der Waals surface area (Å²) in [6.45, 7) is 2.86. The summed E-state index contributed by atoms with van der Waals surface area (Å²) in [5, 5.41) is 3.34. The largest absolute Gasteiger partial charge is 0.355 e. The molecular weight excluding hydrogens is 371 g/mol. The number of fused-ring (bicyclic) bond motifs is 3. The van der Waals surface area contributed by atoms with Gasteiger partial charge in [-0.25, -0.2) is 9.37 Å². The topological polar surface area (TPSA) is 68.9 Å². The number of hydrogen-bond donors (Lipinski definition) is 1. The van der Waals surface area contributed by atoms with Crippen molar-refractivity contribution < 1.29 is 9.18 Å². The number of hydrogen-bond acceptors (Lipinski definition) is 3. The Bertz CT molecular complexity index is 1240. The molecule has 7 heteroatoms.